The number of rotatable bonds is 7. The molecule has 0 aliphatic rings. The minimum Gasteiger partial charge on any atom is -0.493 e. The van der Waals surface area contributed by atoms with Gasteiger partial charge in [-0.25, -0.2) is 4.98 Å². The highest BCUT2D eigenvalue weighted by Crippen LogP contribution is 2.28. The highest BCUT2D eigenvalue weighted by Gasteiger charge is 2.08. The smallest absolute Gasteiger partial charge is 0.122 e. The van der Waals surface area contributed by atoms with Gasteiger partial charge < -0.3 is 9.30 Å². The molecule has 0 radical (unpaired) electrons. The Kier molecular flexibility index (Phi) is 5.01. The van der Waals surface area contributed by atoms with Gasteiger partial charge in [-0.15, -0.1) is 0 Å². The molecule has 2 aromatic rings. The van der Waals surface area contributed by atoms with Gasteiger partial charge in [0.25, 0.3) is 0 Å². The topological polar surface area (TPSA) is 27.1 Å². The van der Waals surface area contributed by atoms with E-state index in [4.69, 9.17) is 4.74 Å². The molecule has 1 aromatic carbocycles. The maximum absolute atomic E-state index is 5.92. The highest BCUT2D eigenvalue weighted by molar-refractivity contribution is 5.35. The van der Waals surface area contributed by atoms with Crippen LogP contribution in [0.5, 0.6) is 5.75 Å². The van der Waals surface area contributed by atoms with E-state index < -0.39 is 0 Å². The Morgan fingerprint density at radius 2 is 2.16 bits per heavy atom. The molecular formula is C16H22N2O. The fourth-order valence-electron chi connectivity index (χ4n) is 2.09. The molecule has 0 unspecified atom stereocenters. The van der Waals surface area contributed by atoms with E-state index in [-0.39, 0.29) is 0 Å². The van der Waals surface area contributed by atoms with Crippen molar-refractivity contribution >= 4 is 0 Å². The monoisotopic (exact) mass is 258 g/mol. The van der Waals surface area contributed by atoms with E-state index in [1.54, 1.807) is 6.20 Å². The van der Waals surface area contributed by atoms with Crippen molar-refractivity contribution in [3.63, 3.8) is 0 Å². The third kappa shape index (κ3) is 3.85. The molecule has 0 saturated heterocycles. The second-order valence-electron chi connectivity index (χ2n) is 4.85. The Morgan fingerprint density at radius 1 is 1.32 bits per heavy atom. The van der Waals surface area contributed by atoms with Crippen molar-refractivity contribution < 1.29 is 4.74 Å². The highest BCUT2D eigenvalue weighted by atomic mass is 16.5. The predicted octanol–water partition coefficient (Wildman–Crippen LogP) is 3.87. The number of benzene rings is 1. The largest absolute Gasteiger partial charge is 0.493 e. The molecule has 0 saturated carbocycles. The number of hydrogen-bond donors (Lipinski definition) is 0. The summed E-state index contributed by atoms with van der Waals surface area (Å²) in [6.07, 6.45) is 7.75. The maximum atomic E-state index is 5.92. The van der Waals surface area contributed by atoms with Gasteiger partial charge in [-0.05, 0) is 30.4 Å². The van der Waals surface area contributed by atoms with E-state index in [1.807, 2.05) is 18.6 Å². The number of nitrogens with zero attached hydrogens (tertiary/aromatic N) is 2. The Morgan fingerprint density at radius 3 is 2.89 bits per heavy atom. The molecule has 0 N–H and O–H groups in total. The van der Waals surface area contributed by atoms with Gasteiger partial charge in [0.1, 0.15) is 5.75 Å². The van der Waals surface area contributed by atoms with E-state index in [2.05, 4.69) is 41.6 Å². The van der Waals surface area contributed by atoms with Crippen molar-refractivity contribution in [3.05, 3.63) is 48.5 Å². The van der Waals surface area contributed by atoms with Crippen LogP contribution in [-0.2, 0) is 6.54 Å². The number of aryl methyl sites for hydroxylation is 1. The zero-order valence-corrected chi connectivity index (χ0v) is 11.7. The molecule has 1 atom stereocenters. The number of aromatic nitrogens is 2. The van der Waals surface area contributed by atoms with Crippen LogP contribution < -0.4 is 4.74 Å². The lowest BCUT2D eigenvalue weighted by molar-refractivity contribution is 0.297. The summed E-state index contributed by atoms with van der Waals surface area (Å²) in [5.41, 5.74) is 1.31. The Hall–Kier alpha value is -1.77. The first kappa shape index (κ1) is 13.7. The number of imidazole rings is 1. The summed E-state index contributed by atoms with van der Waals surface area (Å²) in [4.78, 5) is 4.03. The predicted molar refractivity (Wildman–Crippen MR) is 77.5 cm³/mol. The number of hydrogen-bond acceptors (Lipinski definition) is 2. The van der Waals surface area contributed by atoms with Gasteiger partial charge in [-0.1, -0.05) is 32.0 Å². The summed E-state index contributed by atoms with van der Waals surface area (Å²) in [5.74, 6) is 1.58. The van der Waals surface area contributed by atoms with Crippen LogP contribution in [-0.4, -0.2) is 16.2 Å². The zero-order chi connectivity index (χ0) is 13.5. The van der Waals surface area contributed by atoms with Crippen LogP contribution in [0.15, 0.2) is 43.0 Å². The van der Waals surface area contributed by atoms with Crippen molar-refractivity contribution in [2.75, 3.05) is 6.61 Å². The van der Waals surface area contributed by atoms with E-state index in [0.29, 0.717) is 5.92 Å². The van der Waals surface area contributed by atoms with Crippen molar-refractivity contribution in [2.24, 2.45) is 0 Å². The summed E-state index contributed by atoms with van der Waals surface area (Å²) < 4.78 is 8.00. The lowest BCUT2D eigenvalue weighted by Crippen LogP contribution is -2.05. The van der Waals surface area contributed by atoms with Gasteiger partial charge in [-0.2, -0.15) is 0 Å². The Balaban J connectivity index is 1.85. The summed E-state index contributed by atoms with van der Waals surface area (Å²) in [7, 11) is 0. The van der Waals surface area contributed by atoms with Crippen molar-refractivity contribution in [1.29, 1.82) is 0 Å². The first-order chi connectivity index (χ1) is 9.31. The SMILES string of the molecule is CC[C@@H](C)c1ccccc1OCCCn1ccnc1. The number of para-hydroxylation sites is 1. The molecule has 102 valence electrons. The van der Waals surface area contributed by atoms with Crippen LogP contribution in [0.1, 0.15) is 38.2 Å². The van der Waals surface area contributed by atoms with E-state index in [0.717, 1.165) is 31.7 Å². The average Bonchev–Trinajstić information content (AvgIpc) is 2.96. The van der Waals surface area contributed by atoms with E-state index >= 15 is 0 Å². The lowest BCUT2D eigenvalue weighted by Gasteiger charge is -2.15. The van der Waals surface area contributed by atoms with Crippen LogP contribution in [0.4, 0.5) is 0 Å². The van der Waals surface area contributed by atoms with Crippen LogP contribution >= 0.6 is 0 Å². The molecule has 0 amide bonds. The van der Waals surface area contributed by atoms with Gasteiger partial charge in [0.05, 0.1) is 12.9 Å². The van der Waals surface area contributed by atoms with Crippen molar-refractivity contribution in [1.82, 2.24) is 9.55 Å². The second kappa shape index (κ2) is 6.98. The Labute approximate surface area is 115 Å². The summed E-state index contributed by atoms with van der Waals surface area (Å²) in [6.45, 7) is 6.14. The van der Waals surface area contributed by atoms with Crippen LogP contribution in [0.3, 0.4) is 0 Å². The molecule has 2 rings (SSSR count). The normalized spacial score (nSPS) is 12.3. The molecule has 3 nitrogen and oxygen atoms in total. The van der Waals surface area contributed by atoms with Crippen molar-refractivity contribution in [3.8, 4) is 5.75 Å². The zero-order valence-electron chi connectivity index (χ0n) is 11.7. The average molecular weight is 258 g/mol. The fourth-order valence-corrected chi connectivity index (χ4v) is 2.09. The third-order valence-electron chi connectivity index (χ3n) is 3.44. The first-order valence-corrected chi connectivity index (χ1v) is 6.98. The van der Waals surface area contributed by atoms with Crippen LogP contribution in [0.25, 0.3) is 0 Å². The van der Waals surface area contributed by atoms with E-state index in [9.17, 15) is 0 Å². The molecule has 19 heavy (non-hydrogen) atoms. The molecule has 3 heteroatoms. The van der Waals surface area contributed by atoms with Crippen LogP contribution in [0, 0.1) is 0 Å². The van der Waals surface area contributed by atoms with Gasteiger partial charge in [-0.3, -0.25) is 0 Å². The van der Waals surface area contributed by atoms with Crippen LogP contribution in [0.2, 0.25) is 0 Å². The molecule has 0 fully saturated rings. The minimum absolute atomic E-state index is 0.546. The standard InChI is InChI=1S/C16H22N2O/c1-3-14(2)15-7-4-5-8-16(15)19-12-6-10-18-11-9-17-13-18/h4-5,7-9,11,13-14H,3,6,10,12H2,1-2H3/t14-/m1/s1. The second-order valence-corrected chi connectivity index (χ2v) is 4.85. The van der Waals surface area contributed by atoms with Gasteiger partial charge >= 0.3 is 0 Å². The molecular weight excluding hydrogens is 236 g/mol. The van der Waals surface area contributed by atoms with Gasteiger partial charge in [0.15, 0.2) is 0 Å². The summed E-state index contributed by atoms with van der Waals surface area (Å²) in [5, 5.41) is 0. The molecule has 0 aliphatic carbocycles. The Bertz CT molecular complexity index is 479. The third-order valence-corrected chi connectivity index (χ3v) is 3.44. The molecule has 1 aromatic heterocycles. The lowest BCUT2D eigenvalue weighted by atomic mass is 9.98. The first-order valence-electron chi connectivity index (χ1n) is 6.98. The molecule has 0 aliphatic heterocycles. The molecule has 0 bridgehead atoms. The van der Waals surface area contributed by atoms with Crippen molar-refractivity contribution in [2.45, 2.75) is 39.2 Å². The van der Waals surface area contributed by atoms with Gasteiger partial charge in [0.2, 0.25) is 0 Å². The summed E-state index contributed by atoms with van der Waals surface area (Å²) >= 11 is 0. The maximum Gasteiger partial charge on any atom is 0.122 e. The minimum atomic E-state index is 0.546. The van der Waals surface area contributed by atoms with E-state index in [1.165, 1.54) is 5.56 Å². The molecule has 0 spiro atoms. The fraction of sp³-hybridized carbons (Fsp3) is 0.438. The summed E-state index contributed by atoms with van der Waals surface area (Å²) in [6, 6.07) is 8.36. The quantitative estimate of drug-likeness (QED) is 0.705. The molecule has 1 heterocycles. The van der Waals surface area contributed by atoms with Gasteiger partial charge in [0, 0.05) is 18.9 Å². The number of ether oxygens (including phenoxy) is 1.